The van der Waals surface area contributed by atoms with Crippen molar-refractivity contribution < 1.29 is 9.84 Å². The van der Waals surface area contributed by atoms with E-state index in [-0.39, 0.29) is 12.6 Å². The Morgan fingerprint density at radius 3 is 2.88 bits per heavy atom. The lowest BCUT2D eigenvalue weighted by molar-refractivity contribution is 0.281. The highest BCUT2D eigenvalue weighted by Gasteiger charge is 2.23. The van der Waals surface area contributed by atoms with Crippen molar-refractivity contribution in [1.29, 1.82) is 0 Å². The quantitative estimate of drug-likeness (QED) is 0.811. The van der Waals surface area contributed by atoms with E-state index in [1.807, 2.05) is 18.2 Å². The van der Waals surface area contributed by atoms with Crippen LogP contribution >= 0.6 is 0 Å². The molecule has 134 valence electrons. The lowest BCUT2D eigenvalue weighted by atomic mass is 10.0. The number of rotatable bonds is 7. The Morgan fingerprint density at radius 1 is 1.24 bits per heavy atom. The molecule has 2 N–H and O–H groups in total. The number of ether oxygens (including phenoxy) is 1. The molecule has 0 aromatic heterocycles. The second-order valence-electron chi connectivity index (χ2n) is 6.84. The maximum absolute atomic E-state index is 9.29. The molecule has 2 aromatic carbocycles. The minimum atomic E-state index is 0.0959. The minimum absolute atomic E-state index is 0.0959. The molecular weight excluding hydrogens is 312 g/mol. The molecule has 4 heteroatoms. The van der Waals surface area contributed by atoms with Crippen molar-refractivity contribution in [2.75, 3.05) is 31.6 Å². The molecule has 0 bridgehead atoms. The van der Waals surface area contributed by atoms with E-state index < -0.39 is 0 Å². The zero-order valence-corrected chi connectivity index (χ0v) is 15.1. The summed E-state index contributed by atoms with van der Waals surface area (Å²) in [6.45, 7) is 5.45. The summed E-state index contributed by atoms with van der Waals surface area (Å²) in [4.78, 5) is 2.44. The Hall–Kier alpha value is -2.04. The van der Waals surface area contributed by atoms with Gasteiger partial charge in [-0.1, -0.05) is 30.3 Å². The van der Waals surface area contributed by atoms with Gasteiger partial charge in [0, 0.05) is 37.4 Å². The molecule has 2 unspecified atom stereocenters. The number of nitrogens with zero attached hydrogens (tertiary/aromatic N) is 1. The van der Waals surface area contributed by atoms with Gasteiger partial charge in [0.05, 0.1) is 13.7 Å². The number of anilines is 1. The van der Waals surface area contributed by atoms with Crippen LogP contribution < -0.4 is 15.0 Å². The third-order valence-electron chi connectivity index (χ3n) is 5.05. The average Bonchev–Trinajstić information content (AvgIpc) is 3.15. The molecule has 0 radical (unpaired) electrons. The molecule has 2 atom stereocenters. The number of hydrogen-bond acceptors (Lipinski definition) is 4. The summed E-state index contributed by atoms with van der Waals surface area (Å²) in [5.41, 5.74) is 3.44. The molecule has 1 fully saturated rings. The second-order valence-corrected chi connectivity index (χ2v) is 6.84. The van der Waals surface area contributed by atoms with E-state index in [0.717, 1.165) is 30.9 Å². The van der Waals surface area contributed by atoms with Crippen molar-refractivity contribution in [2.45, 2.75) is 26.0 Å². The van der Waals surface area contributed by atoms with E-state index >= 15 is 0 Å². The molecule has 3 rings (SSSR count). The SMILES string of the molecule is COc1cccc(N2CCC(CNC(C)c3cccc(CO)c3)C2)c1. The first kappa shape index (κ1) is 17.8. The van der Waals surface area contributed by atoms with Crippen LogP contribution in [-0.4, -0.2) is 31.9 Å². The summed E-state index contributed by atoms with van der Waals surface area (Å²) in [5, 5.41) is 12.9. The van der Waals surface area contributed by atoms with Gasteiger partial charge in [-0.2, -0.15) is 0 Å². The van der Waals surface area contributed by atoms with Gasteiger partial charge in [-0.3, -0.25) is 0 Å². The molecule has 0 saturated carbocycles. The molecule has 0 aliphatic carbocycles. The Balaban J connectivity index is 1.52. The lowest BCUT2D eigenvalue weighted by Crippen LogP contribution is -2.28. The van der Waals surface area contributed by atoms with Crippen LogP contribution in [0.3, 0.4) is 0 Å². The Kier molecular flexibility index (Phi) is 5.95. The average molecular weight is 340 g/mol. The number of hydrogen-bond donors (Lipinski definition) is 2. The molecule has 1 aliphatic rings. The normalized spacial score (nSPS) is 18.4. The van der Waals surface area contributed by atoms with Gasteiger partial charge in [-0.15, -0.1) is 0 Å². The smallest absolute Gasteiger partial charge is 0.120 e. The van der Waals surface area contributed by atoms with Crippen molar-refractivity contribution in [3.63, 3.8) is 0 Å². The fraction of sp³-hybridized carbons (Fsp3) is 0.429. The van der Waals surface area contributed by atoms with Crippen molar-refractivity contribution in [3.8, 4) is 5.75 Å². The first-order valence-corrected chi connectivity index (χ1v) is 9.01. The van der Waals surface area contributed by atoms with Crippen LogP contribution in [0.15, 0.2) is 48.5 Å². The molecule has 0 spiro atoms. The highest BCUT2D eigenvalue weighted by atomic mass is 16.5. The second kappa shape index (κ2) is 8.37. The molecule has 1 aliphatic heterocycles. The fourth-order valence-electron chi connectivity index (χ4n) is 3.46. The number of methoxy groups -OCH3 is 1. The highest BCUT2D eigenvalue weighted by molar-refractivity contribution is 5.51. The molecule has 2 aromatic rings. The van der Waals surface area contributed by atoms with Crippen LogP contribution in [0, 0.1) is 5.92 Å². The summed E-state index contributed by atoms with van der Waals surface area (Å²) in [6, 6.07) is 16.8. The number of aliphatic hydroxyl groups is 1. The summed E-state index contributed by atoms with van der Waals surface area (Å²) in [7, 11) is 1.71. The van der Waals surface area contributed by atoms with Gasteiger partial charge in [0.25, 0.3) is 0 Å². The molecular formula is C21H28N2O2. The predicted octanol–water partition coefficient (Wildman–Crippen LogP) is 3.36. The molecule has 1 heterocycles. The summed E-state index contributed by atoms with van der Waals surface area (Å²) >= 11 is 0. The van der Waals surface area contributed by atoms with Crippen molar-refractivity contribution in [3.05, 3.63) is 59.7 Å². The predicted molar refractivity (Wildman–Crippen MR) is 102 cm³/mol. The first-order chi connectivity index (χ1) is 12.2. The van der Waals surface area contributed by atoms with Gasteiger partial charge in [0.1, 0.15) is 5.75 Å². The first-order valence-electron chi connectivity index (χ1n) is 9.01. The highest BCUT2D eigenvalue weighted by Crippen LogP contribution is 2.27. The van der Waals surface area contributed by atoms with E-state index in [2.05, 4.69) is 47.5 Å². The van der Waals surface area contributed by atoms with E-state index in [1.54, 1.807) is 7.11 Å². The fourth-order valence-corrected chi connectivity index (χ4v) is 3.46. The minimum Gasteiger partial charge on any atom is -0.497 e. The maximum atomic E-state index is 9.29. The Labute approximate surface area is 150 Å². The van der Waals surface area contributed by atoms with Crippen LogP contribution in [0.2, 0.25) is 0 Å². The zero-order chi connectivity index (χ0) is 17.6. The lowest BCUT2D eigenvalue weighted by Gasteiger charge is -2.21. The van der Waals surface area contributed by atoms with Gasteiger partial charge >= 0.3 is 0 Å². The largest absolute Gasteiger partial charge is 0.497 e. The van der Waals surface area contributed by atoms with Crippen molar-refractivity contribution in [1.82, 2.24) is 5.32 Å². The zero-order valence-electron chi connectivity index (χ0n) is 15.1. The summed E-state index contributed by atoms with van der Waals surface area (Å²) in [6.07, 6.45) is 1.20. The van der Waals surface area contributed by atoms with E-state index in [4.69, 9.17) is 4.74 Å². The summed E-state index contributed by atoms with van der Waals surface area (Å²) < 4.78 is 5.33. The monoisotopic (exact) mass is 340 g/mol. The van der Waals surface area contributed by atoms with Crippen LogP contribution in [0.5, 0.6) is 5.75 Å². The topological polar surface area (TPSA) is 44.7 Å². The summed E-state index contributed by atoms with van der Waals surface area (Å²) in [5.74, 6) is 1.56. The van der Waals surface area contributed by atoms with Gasteiger partial charge in [0.2, 0.25) is 0 Å². The van der Waals surface area contributed by atoms with Gasteiger partial charge in [0.15, 0.2) is 0 Å². The molecule has 1 saturated heterocycles. The van der Waals surface area contributed by atoms with Gasteiger partial charge < -0.3 is 20.1 Å². The van der Waals surface area contributed by atoms with E-state index in [9.17, 15) is 5.11 Å². The van der Waals surface area contributed by atoms with Crippen molar-refractivity contribution >= 4 is 5.69 Å². The van der Waals surface area contributed by atoms with E-state index in [0.29, 0.717) is 5.92 Å². The van der Waals surface area contributed by atoms with Crippen LogP contribution in [-0.2, 0) is 6.61 Å². The molecule has 4 nitrogen and oxygen atoms in total. The third-order valence-corrected chi connectivity index (χ3v) is 5.05. The standard InChI is InChI=1S/C21H28N2O2/c1-16(19-6-3-5-17(11-19)15-24)22-13-18-9-10-23(14-18)20-7-4-8-21(12-20)25-2/h3-8,11-12,16,18,22,24H,9-10,13-15H2,1-2H3. The maximum Gasteiger partial charge on any atom is 0.120 e. The van der Waals surface area contributed by atoms with Crippen LogP contribution in [0.1, 0.15) is 30.5 Å². The molecule has 25 heavy (non-hydrogen) atoms. The van der Waals surface area contributed by atoms with Gasteiger partial charge in [-0.25, -0.2) is 0 Å². The van der Waals surface area contributed by atoms with Crippen LogP contribution in [0.25, 0.3) is 0 Å². The van der Waals surface area contributed by atoms with Crippen LogP contribution in [0.4, 0.5) is 5.69 Å². The number of benzene rings is 2. The number of aliphatic hydroxyl groups excluding tert-OH is 1. The Bertz CT molecular complexity index is 689. The third kappa shape index (κ3) is 4.53. The Morgan fingerprint density at radius 2 is 2.08 bits per heavy atom. The number of nitrogens with one attached hydrogen (secondary N) is 1. The van der Waals surface area contributed by atoms with Crippen molar-refractivity contribution in [2.24, 2.45) is 5.92 Å². The van der Waals surface area contributed by atoms with Gasteiger partial charge in [-0.05, 0) is 42.5 Å². The molecule has 0 amide bonds. The van der Waals surface area contributed by atoms with E-state index in [1.165, 1.54) is 17.7 Å².